The standard InChI is InChI=1S/CH4F2O2S/c1-6(2,3,4)5/h1H3,(H,4,5). The van der Waals surface area contributed by atoms with Gasteiger partial charge in [-0.25, -0.2) is 0 Å². The van der Waals surface area contributed by atoms with Gasteiger partial charge in [-0.2, -0.15) is 0 Å². The molecule has 2 nitrogen and oxygen atoms in total. The van der Waals surface area contributed by atoms with Gasteiger partial charge in [0.15, 0.2) is 0 Å². The van der Waals surface area contributed by atoms with Gasteiger partial charge in [-0.05, 0) is 0 Å². The lowest BCUT2D eigenvalue weighted by Gasteiger charge is -2.13. The maximum absolute atomic E-state index is 10.8. The van der Waals surface area contributed by atoms with Gasteiger partial charge in [0.1, 0.15) is 0 Å². The molecule has 0 aromatic heterocycles. The Kier molecular flexibility index (Phi) is 0.784. The molecule has 0 spiro atoms. The Morgan fingerprint density at radius 3 is 1.67 bits per heavy atom. The molecule has 0 saturated heterocycles. The van der Waals surface area contributed by atoms with E-state index in [9.17, 15) is 7.77 Å². The highest BCUT2D eigenvalue weighted by Gasteiger charge is 2.12. The molecule has 40 valence electrons. The molecule has 0 bridgehead atoms. The zero-order valence-corrected chi connectivity index (χ0v) is 3.84. The molecule has 0 radical (unpaired) electrons. The van der Waals surface area contributed by atoms with E-state index in [0.29, 0.717) is 0 Å². The molecule has 0 rings (SSSR count). The maximum Gasteiger partial charge on any atom is 0.0807 e. The Bertz CT molecular complexity index is 89.2. The van der Waals surface area contributed by atoms with Crippen LogP contribution in [-0.2, 0) is 10.1 Å². The largest absolute Gasteiger partial charge is 0.256 e. The summed E-state index contributed by atoms with van der Waals surface area (Å²) in [6.07, 6.45) is -0.0167. The molecule has 0 atom stereocenters. The molecule has 0 saturated carbocycles. The van der Waals surface area contributed by atoms with Gasteiger partial charge in [-0.15, -0.1) is 4.21 Å². The highest BCUT2D eigenvalue weighted by Crippen LogP contribution is 2.17. The van der Waals surface area contributed by atoms with Crippen LogP contribution >= 0.6 is 0 Å². The average molecular weight is 118 g/mol. The summed E-state index contributed by atoms with van der Waals surface area (Å²) in [7, 11) is -6.10. The summed E-state index contributed by atoms with van der Waals surface area (Å²) in [5, 5.41) is 0. The van der Waals surface area contributed by atoms with E-state index in [4.69, 9.17) is 8.76 Å². The molecular weight excluding hydrogens is 114 g/mol. The first-order valence-electron chi connectivity index (χ1n) is 1.07. The van der Waals surface area contributed by atoms with Crippen molar-refractivity contribution >= 4 is 10.1 Å². The Hall–Kier alpha value is -0.0300. The summed E-state index contributed by atoms with van der Waals surface area (Å²) < 4.78 is 37.8. The molecule has 0 fully saturated rings. The van der Waals surface area contributed by atoms with Crippen LogP contribution in [-0.4, -0.2) is 15.0 Å². The first-order valence-corrected chi connectivity index (χ1v) is 3.20. The van der Waals surface area contributed by atoms with Crippen molar-refractivity contribution in [3.63, 3.8) is 0 Å². The quantitative estimate of drug-likeness (QED) is 0.475. The SMILES string of the molecule is CS(=O)(O)(F)F. The minimum Gasteiger partial charge on any atom is -0.256 e. The lowest BCUT2D eigenvalue weighted by Crippen LogP contribution is -2.13. The third kappa shape index (κ3) is 38900. The molecule has 1 N–H and O–H groups in total. The van der Waals surface area contributed by atoms with Gasteiger partial charge in [0, 0.05) is 0 Å². The Morgan fingerprint density at radius 2 is 1.67 bits per heavy atom. The van der Waals surface area contributed by atoms with Crippen LogP contribution < -0.4 is 0 Å². The van der Waals surface area contributed by atoms with E-state index in [1.54, 1.807) is 0 Å². The summed E-state index contributed by atoms with van der Waals surface area (Å²) >= 11 is 0. The van der Waals surface area contributed by atoms with E-state index in [2.05, 4.69) is 0 Å². The zero-order chi connectivity index (χ0) is 5.45. The van der Waals surface area contributed by atoms with Crippen molar-refractivity contribution in [2.75, 3.05) is 6.26 Å². The number of hydrogen-bond donors (Lipinski definition) is 1. The highest BCUT2D eigenvalue weighted by molar-refractivity contribution is 8.05. The fraction of sp³-hybridized carbons (Fsp3) is 1.00. The number of halogens is 2. The Balaban J connectivity index is 4.16. The molecule has 0 aliphatic rings. The minimum atomic E-state index is -6.10. The molecule has 0 aromatic carbocycles. The van der Waals surface area contributed by atoms with Gasteiger partial charge in [-0.3, -0.25) is 4.55 Å². The van der Waals surface area contributed by atoms with Crippen LogP contribution in [0, 0.1) is 0 Å². The maximum atomic E-state index is 10.8. The Labute approximate surface area is 34.0 Å². The molecular formula is CH4F2O2S. The second-order valence-electron chi connectivity index (χ2n) is 1.05. The van der Waals surface area contributed by atoms with Crippen molar-refractivity contribution < 1.29 is 16.5 Å². The van der Waals surface area contributed by atoms with Crippen LogP contribution in [0.5, 0.6) is 0 Å². The van der Waals surface area contributed by atoms with Gasteiger partial charge in [-0.1, -0.05) is 7.77 Å². The molecule has 0 aliphatic heterocycles. The summed E-state index contributed by atoms with van der Waals surface area (Å²) in [5.41, 5.74) is 0. The van der Waals surface area contributed by atoms with Gasteiger partial charge < -0.3 is 0 Å². The molecule has 0 aromatic rings. The van der Waals surface area contributed by atoms with Crippen molar-refractivity contribution in [1.82, 2.24) is 0 Å². The van der Waals surface area contributed by atoms with Crippen molar-refractivity contribution in [1.29, 1.82) is 0 Å². The fourth-order valence-electron chi connectivity index (χ4n) is 0. The predicted molar refractivity (Wildman–Crippen MR) is 18.9 cm³/mol. The molecule has 0 aliphatic carbocycles. The van der Waals surface area contributed by atoms with Crippen LogP contribution in [0.2, 0.25) is 0 Å². The van der Waals surface area contributed by atoms with Crippen LogP contribution in [0.3, 0.4) is 0 Å². The minimum absolute atomic E-state index is 0.0167. The average Bonchev–Trinajstić information content (AvgIpc) is 0.650. The monoisotopic (exact) mass is 118 g/mol. The molecule has 0 heterocycles. The van der Waals surface area contributed by atoms with Crippen LogP contribution in [0.4, 0.5) is 7.77 Å². The van der Waals surface area contributed by atoms with Gasteiger partial charge >= 0.3 is 0 Å². The summed E-state index contributed by atoms with van der Waals surface area (Å²) in [6.45, 7) is 0. The second kappa shape index (κ2) is 0.788. The third-order valence-electron chi connectivity index (χ3n) is 0. The van der Waals surface area contributed by atoms with Gasteiger partial charge in [0.05, 0.1) is 16.4 Å². The van der Waals surface area contributed by atoms with E-state index >= 15 is 0 Å². The normalized spacial score (nSPS) is 19.0. The molecule has 0 amide bonds. The first kappa shape index (κ1) is 5.97. The van der Waals surface area contributed by atoms with Crippen molar-refractivity contribution in [3.8, 4) is 0 Å². The summed E-state index contributed by atoms with van der Waals surface area (Å²) in [5.74, 6) is 0. The highest BCUT2D eigenvalue weighted by atomic mass is 32.4. The number of hydrogen-bond acceptors (Lipinski definition) is 1. The first-order chi connectivity index (χ1) is 2.24. The van der Waals surface area contributed by atoms with E-state index in [-0.39, 0.29) is 6.26 Å². The summed E-state index contributed by atoms with van der Waals surface area (Å²) in [4.78, 5) is 0. The Morgan fingerprint density at radius 1 is 1.67 bits per heavy atom. The van der Waals surface area contributed by atoms with Crippen molar-refractivity contribution in [3.05, 3.63) is 0 Å². The van der Waals surface area contributed by atoms with Crippen LogP contribution in [0.15, 0.2) is 0 Å². The third-order valence-corrected chi connectivity index (χ3v) is 0. The predicted octanol–water partition coefficient (Wildman–Crippen LogP) is 0.678. The number of rotatable bonds is 0. The van der Waals surface area contributed by atoms with Crippen LogP contribution in [0.25, 0.3) is 0 Å². The van der Waals surface area contributed by atoms with Crippen LogP contribution in [0.1, 0.15) is 0 Å². The molecule has 0 unspecified atom stereocenters. The topological polar surface area (TPSA) is 37.3 Å². The zero-order valence-electron chi connectivity index (χ0n) is 3.02. The van der Waals surface area contributed by atoms with E-state index < -0.39 is 10.1 Å². The van der Waals surface area contributed by atoms with Gasteiger partial charge in [0.25, 0.3) is 0 Å². The van der Waals surface area contributed by atoms with E-state index in [0.717, 1.165) is 0 Å². The lowest BCUT2D eigenvalue weighted by atomic mass is 12.0. The second-order valence-corrected chi connectivity index (χ2v) is 3.16. The summed E-state index contributed by atoms with van der Waals surface area (Å²) in [6, 6.07) is 0. The molecule has 6 heavy (non-hydrogen) atoms. The van der Waals surface area contributed by atoms with Crippen molar-refractivity contribution in [2.45, 2.75) is 0 Å². The lowest BCUT2D eigenvalue weighted by molar-refractivity contribution is 0.405. The smallest absolute Gasteiger partial charge is 0.0807 e. The van der Waals surface area contributed by atoms with E-state index in [1.165, 1.54) is 0 Å². The van der Waals surface area contributed by atoms with Crippen molar-refractivity contribution in [2.24, 2.45) is 0 Å². The van der Waals surface area contributed by atoms with Gasteiger partial charge in [0.2, 0.25) is 0 Å². The fourth-order valence-corrected chi connectivity index (χ4v) is 0. The van der Waals surface area contributed by atoms with E-state index in [1.807, 2.05) is 0 Å². The molecule has 5 heteroatoms.